The molecule has 0 unspecified atom stereocenters. The van der Waals surface area contributed by atoms with Gasteiger partial charge in [-0.2, -0.15) is 0 Å². The molecule has 2 aromatic carbocycles. The molecule has 1 aliphatic heterocycles. The van der Waals surface area contributed by atoms with Crippen molar-refractivity contribution in [1.29, 1.82) is 0 Å². The summed E-state index contributed by atoms with van der Waals surface area (Å²) in [5, 5.41) is -0.428. The fourth-order valence-corrected chi connectivity index (χ4v) is 4.81. The van der Waals surface area contributed by atoms with Gasteiger partial charge in [-0.05, 0) is 74.0 Å². The van der Waals surface area contributed by atoms with Crippen LogP contribution in [-0.4, -0.2) is 32.9 Å². The van der Waals surface area contributed by atoms with E-state index in [4.69, 9.17) is 0 Å². The van der Waals surface area contributed by atoms with Gasteiger partial charge in [0.1, 0.15) is 0 Å². The maximum atomic E-state index is 12.9. The van der Waals surface area contributed by atoms with Gasteiger partial charge in [0.15, 0.2) is 5.78 Å². The molecule has 7 heteroatoms. The lowest BCUT2D eigenvalue weighted by atomic mass is 10.1. The van der Waals surface area contributed by atoms with Gasteiger partial charge in [0.2, 0.25) is 0 Å². The van der Waals surface area contributed by atoms with Crippen molar-refractivity contribution < 1.29 is 14.4 Å². The van der Waals surface area contributed by atoms with Crippen molar-refractivity contribution in [2.24, 2.45) is 0 Å². The molecule has 32 heavy (non-hydrogen) atoms. The Bertz CT molecular complexity index is 1280. The predicted octanol–water partition coefficient (Wildman–Crippen LogP) is 6.08. The molecule has 2 amide bonds. The number of imide groups is 1. The molecule has 1 aromatic heterocycles. The lowest BCUT2D eigenvalue weighted by molar-refractivity contribution is -0.122. The highest BCUT2D eigenvalue weighted by molar-refractivity contribution is 9.10. The standard InChI is InChI=1S/C25H21BrN2O3S/c1-15-11-20(9-10-21(15)26)28-16(2)12-19(17(28)3)13-23-24(30)27(25(31)32-23)14-22(29)18-7-5-4-6-8-18/h4-13H,14H2,1-3H3/b23-13-. The Morgan fingerprint density at radius 2 is 1.75 bits per heavy atom. The van der Waals surface area contributed by atoms with Gasteiger partial charge in [-0.15, -0.1) is 0 Å². The van der Waals surface area contributed by atoms with Gasteiger partial charge < -0.3 is 4.57 Å². The van der Waals surface area contributed by atoms with Gasteiger partial charge in [0.05, 0.1) is 11.4 Å². The summed E-state index contributed by atoms with van der Waals surface area (Å²) in [7, 11) is 0. The van der Waals surface area contributed by atoms with Crippen LogP contribution >= 0.6 is 27.7 Å². The Hall–Kier alpha value is -2.90. The molecule has 5 nitrogen and oxygen atoms in total. The Kier molecular flexibility index (Phi) is 6.22. The molecule has 0 spiro atoms. The molecule has 0 saturated carbocycles. The highest BCUT2D eigenvalue weighted by atomic mass is 79.9. The average molecular weight is 509 g/mol. The molecular formula is C25H21BrN2O3S. The fraction of sp³-hybridized carbons (Fsp3) is 0.160. The minimum atomic E-state index is -0.437. The molecule has 1 aliphatic rings. The number of hydrogen-bond acceptors (Lipinski definition) is 4. The number of thioether (sulfide) groups is 1. The third kappa shape index (κ3) is 4.23. The first-order valence-electron chi connectivity index (χ1n) is 10.1. The van der Waals surface area contributed by atoms with Crippen molar-refractivity contribution in [3.8, 4) is 5.69 Å². The summed E-state index contributed by atoms with van der Waals surface area (Å²) in [6, 6.07) is 16.8. The molecule has 4 rings (SSSR count). The molecule has 0 bridgehead atoms. The van der Waals surface area contributed by atoms with E-state index in [1.165, 1.54) is 0 Å². The van der Waals surface area contributed by atoms with Crippen molar-refractivity contribution >= 4 is 50.7 Å². The summed E-state index contributed by atoms with van der Waals surface area (Å²) < 4.78 is 3.16. The van der Waals surface area contributed by atoms with Gasteiger partial charge >= 0.3 is 0 Å². The highest BCUT2D eigenvalue weighted by Gasteiger charge is 2.36. The molecule has 0 atom stereocenters. The number of carbonyl (C=O) groups is 3. The molecule has 0 N–H and O–H groups in total. The molecule has 3 aromatic rings. The Labute approximate surface area is 199 Å². The molecule has 162 valence electrons. The van der Waals surface area contributed by atoms with Crippen LogP contribution < -0.4 is 0 Å². The Balaban J connectivity index is 1.61. The lowest BCUT2D eigenvalue weighted by Crippen LogP contribution is -2.33. The molecular weight excluding hydrogens is 488 g/mol. The maximum Gasteiger partial charge on any atom is 0.293 e. The number of Topliss-reactive ketones (excluding diaryl/α,β-unsaturated/α-hetero) is 1. The van der Waals surface area contributed by atoms with Crippen molar-refractivity contribution in [3.05, 3.63) is 92.1 Å². The number of amides is 2. The van der Waals surface area contributed by atoms with E-state index in [9.17, 15) is 14.4 Å². The monoisotopic (exact) mass is 508 g/mol. The Morgan fingerprint density at radius 1 is 1.03 bits per heavy atom. The van der Waals surface area contributed by atoms with E-state index < -0.39 is 11.1 Å². The summed E-state index contributed by atoms with van der Waals surface area (Å²) in [6.07, 6.45) is 1.74. The number of nitrogens with zero attached hydrogens (tertiary/aromatic N) is 2. The summed E-state index contributed by atoms with van der Waals surface area (Å²) >= 11 is 4.40. The molecule has 2 heterocycles. The molecule has 1 saturated heterocycles. The van der Waals surface area contributed by atoms with Crippen LogP contribution in [-0.2, 0) is 4.79 Å². The van der Waals surface area contributed by atoms with Crippen LogP contribution in [0.15, 0.2) is 64.0 Å². The molecule has 0 radical (unpaired) electrons. The minimum Gasteiger partial charge on any atom is -0.318 e. The van der Waals surface area contributed by atoms with Crippen LogP contribution in [0.2, 0.25) is 0 Å². The topological polar surface area (TPSA) is 59.4 Å². The first kappa shape index (κ1) is 22.3. The van der Waals surface area contributed by atoms with Crippen molar-refractivity contribution in [2.45, 2.75) is 20.8 Å². The summed E-state index contributed by atoms with van der Waals surface area (Å²) in [6.45, 7) is 5.77. The van der Waals surface area contributed by atoms with E-state index >= 15 is 0 Å². The van der Waals surface area contributed by atoms with E-state index in [1.54, 1.807) is 30.3 Å². The van der Waals surface area contributed by atoms with Crippen molar-refractivity contribution in [2.75, 3.05) is 6.54 Å². The van der Waals surface area contributed by atoms with E-state index in [2.05, 4.69) is 26.6 Å². The number of hydrogen-bond donors (Lipinski definition) is 0. The number of ketones is 1. The zero-order valence-electron chi connectivity index (χ0n) is 17.9. The summed E-state index contributed by atoms with van der Waals surface area (Å²) in [4.78, 5) is 39.2. The quantitative estimate of drug-likeness (QED) is 0.309. The van der Waals surface area contributed by atoms with E-state index in [-0.39, 0.29) is 12.3 Å². The second kappa shape index (κ2) is 8.92. The smallest absolute Gasteiger partial charge is 0.293 e. The number of aromatic nitrogens is 1. The van der Waals surface area contributed by atoms with Crippen molar-refractivity contribution in [1.82, 2.24) is 9.47 Å². The van der Waals surface area contributed by atoms with Crippen LogP contribution in [0.1, 0.15) is 32.9 Å². The van der Waals surface area contributed by atoms with Crippen LogP contribution in [0.25, 0.3) is 11.8 Å². The third-order valence-corrected chi connectivity index (χ3v) is 7.22. The number of rotatable bonds is 5. The first-order valence-corrected chi connectivity index (χ1v) is 11.7. The normalized spacial score (nSPS) is 15.1. The van der Waals surface area contributed by atoms with Gasteiger partial charge in [0, 0.05) is 27.1 Å². The second-order valence-electron chi connectivity index (χ2n) is 7.65. The Morgan fingerprint density at radius 3 is 2.44 bits per heavy atom. The number of carbonyl (C=O) groups excluding carboxylic acids is 3. The number of halogens is 1. The fourth-order valence-electron chi connectivity index (χ4n) is 3.74. The van der Waals surface area contributed by atoms with Gasteiger partial charge in [-0.3, -0.25) is 19.3 Å². The van der Waals surface area contributed by atoms with Crippen LogP contribution in [0.3, 0.4) is 0 Å². The van der Waals surface area contributed by atoms with Crippen LogP contribution in [0, 0.1) is 20.8 Å². The van der Waals surface area contributed by atoms with E-state index in [1.807, 2.05) is 45.0 Å². The highest BCUT2D eigenvalue weighted by Crippen LogP contribution is 2.34. The summed E-state index contributed by atoms with van der Waals surface area (Å²) in [5.74, 6) is -0.702. The minimum absolute atomic E-state index is 0.261. The van der Waals surface area contributed by atoms with Gasteiger partial charge in [0.25, 0.3) is 11.1 Å². The van der Waals surface area contributed by atoms with Crippen molar-refractivity contribution in [3.63, 3.8) is 0 Å². The van der Waals surface area contributed by atoms with Gasteiger partial charge in [-0.1, -0.05) is 46.3 Å². The SMILES string of the molecule is Cc1cc(-n2c(C)cc(/C=C3\SC(=O)N(CC(=O)c4ccccc4)C3=O)c2C)ccc1Br. The van der Waals surface area contributed by atoms with Crippen LogP contribution in [0.4, 0.5) is 4.79 Å². The zero-order chi connectivity index (χ0) is 23.0. The number of aryl methyl sites for hydroxylation is 2. The summed E-state index contributed by atoms with van der Waals surface area (Å²) in [5.41, 5.74) is 5.49. The largest absolute Gasteiger partial charge is 0.318 e. The number of benzene rings is 2. The van der Waals surface area contributed by atoms with Crippen LogP contribution in [0.5, 0.6) is 0 Å². The maximum absolute atomic E-state index is 12.9. The zero-order valence-corrected chi connectivity index (χ0v) is 20.3. The molecule has 1 fully saturated rings. The predicted molar refractivity (Wildman–Crippen MR) is 131 cm³/mol. The second-order valence-corrected chi connectivity index (χ2v) is 9.50. The molecule has 0 aliphatic carbocycles. The third-order valence-electron chi connectivity index (χ3n) is 5.43. The lowest BCUT2D eigenvalue weighted by Gasteiger charge is -2.11. The van der Waals surface area contributed by atoms with Gasteiger partial charge in [-0.25, -0.2) is 0 Å². The first-order chi connectivity index (χ1) is 15.3. The van der Waals surface area contributed by atoms with E-state index in [0.717, 1.165) is 49.3 Å². The van der Waals surface area contributed by atoms with E-state index in [0.29, 0.717) is 10.5 Å². The average Bonchev–Trinajstić information content (AvgIpc) is 3.20.